The molecule has 0 amide bonds. The molecule has 0 bridgehead atoms. The van der Waals surface area contributed by atoms with E-state index in [4.69, 9.17) is 10.8 Å². The summed E-state index contributed by atoms with van der Waals surface area (Å²) >= 11 is 3.14. The van der Waals surface area contributed by atoms with Crippen LogP contribution in [0.25, 0.3) is 0 Å². The molecule has 66 valence electrons. The van der Waals surface area contributed by atoms with Crippen LogP contribution in [0.1, 0.15) is 11.7 Å². The molecule has 0 saturated carbocycles. The first kappa shape index (κ1) is 9.51. The van der Waals surface area contributed by atoms with Gasteiger partial charge in [0.15, 0.2) is 0 Å². The van der Waals surface area contributed by atoms with E-state index in [1.165, 1.54) is 6.07 Å². The maximum absolute atomic E-state index is 9.32. The Bertz CT molecular complexity index is 278. The summed E-state index contributed by atoms with van der Waals surface area (Å²) in [6, 6.07) is 4.79. The monoisotopic (exact) mass is 231 g/mol. The maximum atomic E-state index is 9.32. The number of halogens is 1. The Balaban J connectivity index is 2.96. The summed E-state index contributed by atoms with van der Waals surface area (Å²) < 4.78 is 0.563. The van der Waals surface area contributed by atoms with Crippen LogP contribution >= 0.6 is 15.9 Å². The lowest BCUT2D eigenvalue weighted by atomic mass is 10.1. The third kappa shape index (κ3) is 1.97. The zero-order chi connectivity index (χ0) is 9.14. The van der Waals surface area contributed by atoms with E-state index >= 15 is 0 Å². The molecule has 1 aromatic carbocycles. The van der Waals surface area contributed by atoms with Crippen LogP contribution in [-0.2, 0) is 0 Å². The predicted octanol–water partition coefficient (Wildman–Crippen LogP) is 1.15. The Labute approximate surface area is 79.0 Å². The van der Waals surface area contributed by atoms with Gasteiger partial charge in [-0.1, -0.05) is 6.07 Å². The minimum Gasteiger partial charge on any atom is -0.507 e. The summed E-state index contributed by atoms with van der Waals surface area (Å²) in [6.07, 6.45) is -0.665. The van der Waals surface area contributed by atoms with Crippen molar-refractivity contribution in [3.05, 3.63) is 28.2 Å². The van der Waals surface area contributed by atoms with Gasteiger partial charge in [-0.25, -0.2) is 0 Å². The number of aromatic hydroxyl groups is 1. The fraction of sp³-hybridized carbons (Fsp3) is 0.250. The van der Waals surface area contributed by atoms with Crippen LogP contribution in [-0.4, -0.2) is 16.8 Å². The first-order chi connectivity index (χ1) is 5.65. The molecular formula is C8H10BrNO2. The maximum Gasteiger partial charge on any atom is 0.129 e. The van der Waals surface area contributed by atoms with Gasteiger partial charge in [0.1, 0.15) is 5.75 Å². The van der Waals surface area contributed by atoms with Crippen molar-refractivity contribution in [2.45, 2.75) is 6.10 Å². The molecule has 0 radical (unpaired) electrons. The second-order valence-electron chi connectivity index (χ2n) is 2.46. The Morgan fingerprint density at radius 1 is 1.50 bits per heavy atom. The Morgan fingerprint density at radius 3 is 2.67 bits per heavy atom. The number of rotatable bonds is 2. The number of hydrogen-bond acceptors (Lipinski definition) is 3. The topological polar surface area (TPSA) is 66.5 Å². The lowest BCUT2D eigenvalue weighted by Crippen LogP contribution is -2.11. The van der Waals surface area contributed by atoms with Gasteiger partial charge in [0.2, 0.25) is 0 Å². The molecule has 4 heteroatoms. The van der Waals surface area contributed by atoms with Gasteiger partial charge in [-0.3, -0.25) is 0 Å². The van der Waals surface area contributed by atoms with E-state index in [0.29, 0.717) is 10.0 Å². The molecule has 0 aromatic heterocycles. The third-order valence-corrected chi connectivity index (χ3v) is 2.21. The van der Waals surface area contributed by atoms with Crippen LogP contribution in [0, 0.1) is 0 Å². The van der Waals surface area contributed by atoms with E-state index in [1.54, 1.807) is 12.1 Å². The average Bonchev–Trinajstić information content (AvgIpc) is 2.08. The van der Waals surface area contributed by atoms with Gasteiger partial charge in [0, 0.05) is 6.54 Å². The number of aliphatic hydroxyl groups is 1. The van der Waals surface area contributed by atoms with Crippen LogP contribution in [0.3, 0.4) is 0 Å². The SMILES string of the molecule is NC[C@@H](O)c1ccc(O)c(Br)c1. The van der Waals surface area contributed by atoms with Crippen molar-refractivity contribution in [3.63, 3.8) is 0 Å². The lowest BCUT2D eigenvalue weighted by Gasteiger charge is -2.08. The van der Waals surface area contributed by atoms with Crippen LogP contribution in [0.2, 0.25) is 0 Å². The predicted molar refractivity (Wildman–Crippen MR) is 49.8 cm³/mol. The van der Waals surface area contributed by atoms with Crippen molar-refractivity contribution in [3.8, 4) is 5.75 Å². The second kappa shape index (κ2) is 3.89. The van der Waals surface area contributed by atoms with Gasteiger partial charge in [0.25, 0.3) is 0 Å². The Morgan fingerprint density at radius 2 is 2.17 bits per heavy atom. The number of benzene rings is 1. The molecule has 1 rings (SSSR count). The van der Waals surface area contributed by atoms with Gasteiger partial charge >= 0.3 is 0 Å². The molecule has 0 heterocycles. The molecule has 0 aliphatic carbocycles. The molecule has 0 aliphatic heterocycles. The van der Waals surface area contributed by atoms with Crippen molar-refractivity contribution in [2.75, 3.05) is 6.54 Å². The van der Waals surface area contributed by atoms with Gasteiger partial charge in [0.05, 0.1) is 10.6 Å². The van der Waals surface area contributed by atoms with Crippen molar-refractivity contribution >= 4 is 15.9 Å². The van der Waals surface area contributed by atoms with Crippen LogP contribution in [0.5, 0.6) is 5.75 Å². The minimum atomic E-state index is -0.665. The summed E-state index contributed by atoms with van der Waals surface area (Å²) in [5.74, 6) is 0.156. The molecule has 0 saturated heterocycles. The summed E-state index contributed by atoms with van der Waals surface area (Å²) in [5.41, 5.74) is 5.96. The molecule has 3 nitrogen and oxygen atoms in total. The van der Waals surface area contributed by atoms with E-state index in [1.807, 2.05) is 0 Å². The fourth-order valence-corrected chi connectivity index (χ4v) is 1.26. The highest BCUT2D eigenvalue weighted by atomic mass is 79.9. The highest BCUT2D eigenvalue weighted by Gasteiger charge is 2.06. The van der Waals surface area contributed by atoms with Crippen molar-refractivity contribution in [1.82, 2.24) is 0 Å². The lowest BCUT2D eigenvalue weighted by molar-refractivity contribution is 0.186. The number of nitrogens with two attached hydrogens (primary N) is 1. The van der Waals surface area contributed by atoms with Crippen molar-refractivity contribution in [1.29, 1.82) is 0 Å². The summed E-state index contributed by atoms with van der Waals surface area (Å²) in [5, 5.41) is 18.5. The molecule has 0 fully saturated rings. The first-order valence-electron chi connectivity index (χ1n) is 3.51. The highest BCUT2D eigenvalue weighted by molar-refractivity contribution is 9.10. The van der Waals surface area contributed by atoms with E-state index in [-0.39, 0.29) is 12.3 Å². The summed E-state index contributed by atoms with van der Waals surface area (Å²) in [7, 11) is 0. The zero-order valence-corrected chi connectivity index (χ0v) is 7.95. The fourth-order valence-electron chi connectivity index (χ4n) is 0.867. The Hall–Kier alpha value is -0.580. The molecule has 0 spiro atoms. The number of hydrogen-bond donors (Lipinski definition) is 3. The highest BCUT2D eigenvalue weighted by Crippen LogP contribution is 2.26. The van der Waals surface area contributed by atoms with E-state index in [0.717, 1.165) is 0 Å². The summed E-state index contributed by atoms with van der Waals surface area (Å²) in [4.78, 5) is 0. The van der Waals surface area contributed by atoms with E-state index in [9.17, 15) is 5.11 Å². The third-order valence-electron chi connectivity index (χ3n) is 1.58. The van der Waals surface area contributed by atoms with Crippen LogP contribution in [0.15, 0.2) is 22.7 Å². The zero-order valence-electron chi connectivity index (χ0n) is 6.37. The largest absolute Gasteiger partial charge is 0.507 e. The van der Waals surface area contributed by atoms with Gasteiger partial charge in [-0.15, -0.1) is 0 Å². The van der Waals surface area contributed by atoms with Crippen molar-refractivity contribution in [2.24, 2.45) is 5.73 Å². The molecule has 4 N–H and O–H groups in total. The van der Waals surface area contributed by atoms with E-state index in [2.05, 4.69) is 15.9 Å². The molecule has 1 atom stereocenters. The van der Waals surface area contributed by atoms with Crippen LogP contribution in [0.4, 0.5) is 0 Å². The van der Waals surface area contributed by atoms with Gasteiger partial charge in [-0.2, -0.15) is 0 Å². The molecule has 1 aromatic rings. The Kier molecular flexibility index (Phi) is 3.08. The molecule has 0 aliphatic rings. The normalized spacial score (nSPS) is 12.9. The van der Waals surface area contributed by atoms with Crippen molar-refractivity contribution < 1.29 is 10.2 Å². The molecule has 0 unspecified atom stereocenters. The van der Waals surface area contributed by atoms with E-state index < -0.39 is 6.10 Å². The summed E-state index contributed by atoms with van der Waals surface area (Å²) in [6.45, 7) is 0.178. The standard InChI is InChI=1S/C8H10BrNO2/c9-6-3-5(8(12)4-10)1-2-7(6)11/h1-3,8,11-12H,4,10H2/t8-/m1/s1. The molecule has 12 heavy (non-hydrogen) atoms. The average molecular weight is 232 g/mol. The quantitative estimate of drug-likeness (QED) is 0.716. The minimum absolute atomic E-state index is 0.156. The first-order valence-corrected chi connectivity index (χ1v) is 4.31. The number of phenols is 1. The smallest absolute Gasteiger partial charge is 0.129 e. The molecular weight excluding hydrogens is 222 g/mol. The number of phenolic OH excluding ortho intramolecular Hbond substituents is 1. The van der Waals surface area contributed by atoms with Crippen LogP contribution < -0.4 is 5.73 Å². The van der Waals surface area contributed by atoms with Gasteiger partial charge < -0.3 is 15.9 Å². The second-order valence-corrected chi connectivity index (χ2v) is 3.32. The van der Waals surface area contributed by atoms with Gasteiger partial charge in [-0.05, 0) is 33.6 Å². The number of aliphatic hydroxyl groups excluding tert-OH is 1.